The van der Waals surface area contributed by atoms with E-state index in [-0.39, 0.29) is 29.4 Å². The number of nitrogens with zero attached hydrogens (tertiary/aromatic N) is 7. The first-order chi connectivity index (χ1) is 33.4. The first-order valence-electron chi connectivity index (χ1n) is 23.7. The summed E-state index contributed by atoms with van der Waals surface area (Å²) < 4.78 is 42.3. The number of rotatable bonds is 14. The van der Waals surface area contributed by atoms with Gasteiger partial charge in [-0.15, -0.1) is 0 Å². The van der Waals surface area contributed by atoms with Crippen molar-refractivity contribution in [3.63, 3.8) is 0 Å². The summed E-state index contributed by atoms with van der Waals surface area (Å²) in [5.74, 6) is 2.03. The Morgan fingerprint density at radius 3 is 2.36 bits per heavy atom. The number of likely N-dealkylation sites (N-methyl/N-ethyl adjacent to an activating group) is 1. The van der Waals surface area contributed by atoms with Gasteiger partial charge < -0.3 is 34.1 Å². The number of hydrogen-bond acceptors (Lipinski definition) is 12. The average molecular weight is 988 g/mol. The minimum atomic E-state index is -3.55. The van der Waals surface area contributed by atoms with Crippen LogP contribution in [0.4, 0.5) is 17.3 Å². The molecule has 1 aliphatic carbocycles. The van der Waals surface area contributed by atoms with Crippen LogP contribution in [0.5, 0.6) is 17.2 Å². The van der Waals surface area contributed by atoms with Crippen LogP contribution >= 0.6 is 11.6 Å². The minimum Gasteiger partial charge on any atom is -0.489 e. The zero-order chi connectivity index (χ0) is 49.7. The average Bonchev–Trinajstić information content (AvgIpc) is 4.06. The van der Waals surface area contributed by atoms with Crippen LogP contribution in [0.25, 0.3) is 22.0 Å². The smallest absolute Gasteiger partial charge is 0.274 e. The molecule has 18 heteroatoms. The van der Waals surface area contributed by atoms with E-state index in [0.29, 0.717) is 73.6 Å². The molecule has 0 spiro atoms. The van der Waals surface area contributed by atoms with Crippen LogP contribution in [0.1, 0.15) is 69.8 Å². The number of aromatic amines is 1. The lowest BCUT2D eigenvalue weighted by Crippen LogP contribution is -2.74. The van der Waals surface area contributed by atoms with Crippen molar-refractivity contribution in [1.29, 1.82) is 5.26 Å². The number of fused-ring (bicyclic) bond motifs is 1. The van der Waals surface area contributed by atoms with Gasteiger partial charge in [0.15, 0.2) is 0 Å². The summed E-state index contributed by atoms with van der Waals surface area (Å²) in [6.45, 7) is 13.2. The van der Waals surface area contributed by atoms with E-state index in [1.807, 2.05) is 24.3 Å². The number of nitrogens with one attached hydrogen (secondary N) is 3. The van der Waals surface area contributed by atoms with Crippen molar-refractivity contribution < 1.29 is 22.7 Å². The molecule has 2 aliphatic heterocycles. The number of aryl methyl sites for hydroxylation is 1. The molecule has 3 fully saturated rings. The van der Waals surface area contributed by atoms with Crippen molar-refractivity contribution in [1.82, 2.24) is 29.7 Å². The van der Waals surface area contributed by atoms with E-state index in [1.165, 1.54) is 4.57 Å². The van der Waals surface area contributed by atoms with Crippen molar-refractivity contribution in [2.45, 2.75) is 78.1 Å². The molecule has 16 nitrogen and oxygen atoms in total. The summed E-state index contributed by atoms with van der Waals surface area (Å²) in [7, 11) is 0.369. The molecule has 366 valence electrons. The number of H-pyrrole nitrogens is 1. The second-order valence-corrected chi connectivity index (χ2v) is 22.3. The number of benzene rings is 3. The van der Waals surface area contributed by atoms with Gasteiger partial charge >= 0.3 is 0 Å². The largest absolute Gasteiger partial charge is 0.489 e. The van der Waals surface area contributed by atoms with Crippen LogP contribution < -0.4 is 34.9 Å². The Kier molecular flexibility index (Phi) is 13.1. The molecule has 3 aromatic heterocycles. The van der Waals surface area contributed by atoms with Crippen LogP contribution in [0.2, 0.25) is 5.02 Å². The standard InChI is InChI=1S/C52H59ClN10O6S/c1-8-70(66,67)59-34-13-15-44(41(24-34)42-31-60(6)47(65)45-40(42)16-20-55-45)68-38-11-9-10-36(25-38)63-23-19-37(30-63)61(7)35-17-21-62(22-18-35)50-56-28-33(29-57-50)46(64)58-48-51(2,3)49(52(48,4)5)69-39-14-12-32(27-54)43(53)26-39/h9-16,20,24-26,28-29,31,35,37,48-49,55,59H,8,17-19,21-23,30H2,1-7H3,(H,58,64). The molecular weight excluding hydrogens is 928 g/mol. The van der Waals surface area contributed by atoms with E-state index in [4.69, 9.17) is 21.1 Å². The molecule has 1 unspecified atom stereocenters. The summed E-state index contributed by atoms with van der Waals surface area (Å²) in [6.07, 6.45) is 9.39. The molecule has 5 heterocycles. The summed E-state index contributed by atoms with van der Waals surface area (Å²) in [5.41, 5.74) is 3.06. The molecule has 3 N–H and O–H groups in total. The number of ether oxygens (including phenoxy) is 2. The van der Waals surface area contributed by atoms with Gasteiger partial charge in [0, 0.05) is 127 Å². The van der Waals surface area contributed by atoms with Gasteiger partial charge in [-0.1, -0.05) is 45.4 Å². The third-order valence-electron chi connectivity index (χ3n) is 14.6. The lowest BCUT2D eigenvalue weighted by Gasteiger charge is -2.63. The molecule has 0 bridgehead atoms. The maximum absolute atomic E-state index is 13.6. The molecule has 2 saturated heterocycles. The Labute approximate surface area is 413 Å². The monoisotopic (exact) mass is 986 g/mol. The number of halogens is 1. The van der Waals surface area contributed by atoms with E-state index in [0.717, 1.165) is 56.7 Å². The van der Waals surface area contributed by atoms with Crippen LogP contribution in [0, 0.1) is 22.2 Å². The van der Waals surface area contributed by atoms with Gasteiger partial charge in [0.25, 0.3) is 11.5 Å². The molecule has 70 heavy (non-hydrogen) atoms. The van der Waals surface area contributed by atoms with Crippen molar-refractivity contribution in [2.75, 3.05) is 53.5 Å². The maximum Gasteiger partial charge on any atom is 0.274 e. The Morgan fingerprint density at radius 2 is 1.66 bits per heavy atom. The van der Waals surface area contributed by atoms with E-state index >= 15 is 0 Å². The van der Waals surface area contributed by atoms with Crippen LogP contribution in [0.15, 0.2) is 96.3 Å². The topological polar surface area (TPSA) is 191 Å². The third-order valence-corrected chi connectivity index (χ3v) is 16.2. The van der Waals surface area contributed by atoms with Crippen molar-refractivity contribution in [3.05, 3.63) is 118 Å². The van der Waals surface area contributed by atoms with Crippen LogP contribution in [-0.4, -0.2) is 102 Å². The Morgan fingerprint density at radius 1 is 0.943 bits per heavy atom. The zero-order valence-electron chi connectivity index (χ0n) is 40.5. The summed E-state index contributed by atoms with van der Waals surface area (Å²) >= 11 is 6.27. The Hall–Kier alpha value is -6.61. The number of piperidine rings is 1. The summed E-state index contributed by atoms with van der Waals surface area (Å²) in [5, 5.41) is 13.5. The number of carbonyl (C=O) groups excluding carboxylic acids is 1. The summed E-state index contributed by atoms with van der Waals surface area (Å²) in [4.78, 5) is 46.0. The number of nitriles is 1. The fraction of sp³-hybridized carbons (Fsp3) is 0.404. The van der Waals surface area contributed by atoms with Gasteiger partial charge in [0.2, 0.25) is 16.0 Å². The van der Waals surface area contributed by atoms with Gasteiger partial charge in [-0.25, -0.2) is 18.4 Å². The highest BCUT2D eigenvalue weighted by Crippen LogP contribution is 2.55. The molecule has 0 radical (unpaired) electrons. The molecule has 3 aromatic carbocycles. The van der Waals surface area contributed by atoms with Crippen molar-refractivity contribution in [3.8, 4) is 34.4 Å². The van der Waals surface area contributed by atoms with Gasteiger partial charge in [-0.3, -0.25) is 19.2 Å². The number of carbonyl (C=O) groups is 1. The summed E-state index contributed by atoms with van der Waals surface area (Å²) in [6, 6.07) is 22.7. The predicted molar refractivity (Wildman–Crippen MR) is 274 cm³/mol. The fourth-order valence-corrected chi connectivity index (χ4v) is 11.8. The third kappa shape index (κ3) is 9.39. The van der Waals surface area contributed by atoms with E-state index < -0.39 is 20.9 Å². The predicted octanol–water partition coefficient (Wildman–Crippen LogP) is 8.19. The maximum atomic E-state index is 13.6. The molecule has 9 rings (SSSR count). The number of sulfonamides is 1. The van der Waals surface area contributed by atoms with Gasteiger partial charge in [0.05, 0.1) is 21.9 Å². The van der Waals surface area contributed by atoms with E-state index in [1.54, 1.807) is 75.2 Å². The first kappa shape index (κ1) is 48.4. The molecular formula is C52H59ClN10O6S. The SMILES string of the molecule is CCS(=O)(=O)Nc1ccc(Oc2cccc(N3CCC(N(C)C4CCN(c5ncc(C(=O)NC6C(C)(C)C(Oc7ccc(C#N)c(Cl)c7)C6(C)C)cn5)CC4)C3)c2)c(-c2cn(C)c(=O)c3[nH]ccc23)c1. The normalized spacial score (nSPS) is 20.0. The Balaban J connectivity index is 0.798. The highest BCUT2D eigenvalue weighted by Gasteiger charge is 2.64. The fourth-order valence-electron chi connectivity index (χ4n) is 11.0. The second kappa shape index (κ2) is 19.0. The second-order valence-electron chi connectivity index (χ2n) is 19.9. The van der Waals surface area contributed by atoms with Gasteiger partial charge in [-0.2, -0.15) is 5.26 Å². The molecule has 3 aliphatic rings. The quantitative estimate of drug-likeness (QED) is 0.0950. The molecule has 6 aromatic rings. The van der Waals surface area contributed by atoms with Crippen molar-refractivity contribution >= 4 is 55.8 Å². The molecule has 1 amide bonds. The highest BCUT2D eigenvalue weighted by atomic mass is 35.5. The van der Waals surface area contributed by atoms with Gasteiger partial charge in [0.1, 0.15) is 34.9 Å². The Bertz CT molecular complexity index is 3140. The number of amides is 1. The number of pyridine rings is 1. The minimum absolute atomic E-state index is 0.0730. The van der Waals surface area contributed by atoms with Crippen LogP contribution in [-0.2, 0) is 17.1 Å². The number of anilines is 3. The number of aromatic nitrogens is 4. The van der Waals surface area contributed by atoms with Crippen molar-refractivity contribution in [2.24, 2.45) is 17.9 Å². The first-order valence-corrected chi connectivity index (χ1v) is 25.7. The highest BCUT2D eigenvalue weighted by molar-refractivity contribution is 7.92. The van der Waals surface area contributed by atoms with E-state index in [9.17, 15) is 23.3 Å². The van der Waals surface area contributed by atoms with Gasteiger partial charge in [-0.05, 0) is 81.8 Å². The number of hydrogen-bond donors (Lipinski definition) is 3. The van der Waals surface area contributed by atoms with Crippen LogP contribution in [0.3, 0.4) is 0 Å². The molecule has 1 saturated carbocycles. The lowest BCUT2D eigenvalue weighted by molar-refractivity contribution is -0.164. The lowest BCUT2D eigenvalue weighted by atomic mass is 9.49. The van der Waals surface area contributed by atoms with E-state index in [2.05, 4.69) is 86.6 Å². The zero-order valence-corrected chi connectivity index (χ0v) is 42.1. The molecule has 1 atom stereocenters.